The summed E-state index contributed by atoms with van der Waals surface area (Å²) < 4.78 is 0. The van der Waals surface area contributed by atoms with E-state index in [0.717, 1.165) is 19.4 Å². The zero-order valence-electron chi connectivity index (χ0n) is 11.3. The molecule has 0 saturated carbocycles. The fourth-order valence-corrected chi connectivity index (χ4v) is 1.60. The molecule has 0 atom stereocenters. The first-order chi connectivity index (χ1) is 7.99. The highest BCUT2D eigenvalue weighted by Gasteiger charge is 2.21. The van der Waals surface area contributed by atoms with Crippen LogP contribution >= 0.6 is 0 Å². The maximum absolute atomic E-state index is 9.04. The van der Waals surface area contributed by atoms with Crippen molar-refractivity contribution in [2.24, 2.45) is 0 Å². The highest BCUT2D eigenvalue weighted by molar-refractivity contribution is 5.22. The van der Waals surface area contributed by atoms with Gasteiger partial charge >= 0.3 is 0 Å². The van der Waals surface area contributed by atoms with Gasteiger partial charge in [0, 0.05) is 6.54 Å². The Bertz CT molecular complexity index is 384. The van der Waals surface area contributed by atoms with Gasteiger partial charge < -0.3 is 0 Å². The van der Waals surface area contributed by atoms with Crippen LogP contribution in [0.3, 0.4) is 0 Å². The summed E-state index contributed by atoms with van der Waals surface area (Å²) in [6, 6.07) is 11.1. The summed E-state index contributed by atoms with van der Waals surface area (Å²) >= 11 is 0. The third-order valence-corrected chi connectivity index (χ3v) is 3.40. The molecule has 0 bridgehead atoms. The lowest BCUT2D eigenvalue weighted by Crippen LogP contribution is -2.40. The van der Waals surface area contributed by atoms with Crippen LogP contribution in [0.15, 0.2) is 24.3 Å². The van der Waals surface area contributed by atoms with Gasteiger partial charge in [0.15, 0.2) is 0 Å². The molecule has 0 fully saturated rings. The summed E-state index contributed by atoms with van der Waals surface area (Å²) in [4.78, 5) is 2.10. The number of aryl methyl sites for hydroxylation is 1. The maximum Gasteiger partial charge on any atom is 0.103 e. The Morgan fingerprint density at radius 2 is 1.71 bits per heavy atom. The molecule has 0 aromatic heterocycles. The first-order valence-electron chi connectivity index (χ1n) is 6.20. The standard InChI is InChI=1S/C15H22N2/c1-5-13-6-8-14(9-7-13)10-11-17(4)15(2,3)12-16/h6-9H,5,10-11H2,1-4H3. The second-order valence-corrected chi connectivity index (χ2v) is 5.01. The lowest BCUT2D eigenvalue weighted by molar-refractivity contribution is 0.214. The molecular weight excluding hydrogens is 208 g/mol. The van der Waals surface area contributed by atoms with Crippen molar-refractivity contribution in [3.8, 4) is 6.07 Å². The first-order valence-corrected chi connectivity index (χ1v) is 6.20. The number of nitrogens with zero attached hydrogens (tertiary/aromatic N) is 2. The molecule has 1 rings (SSSR count). The maximum atomic E-state index is 9.04. The monoisotopic (exact) mass is 230 g/mol. The zero-order chi connectivity index (χ0) is 12.9. The van der Waals surface area contributed by atoms with Crippen molar-refractivity contribution in [2.45, 2.75) is 39.2 Å². The molecule has 0 aliphatic rings. The number of hydrogen-bond donors (Lipinski definition) is 0. The fourth-order valence-electron chi connectivity index (χ4n) is 1.60. The lowest BCUT2D eigenvalue weighted by Gasteiger charge is -2.28. The molecule has 1 aromatic carbocycles. The number of hydrogen-bond acceptors (Lipinski definition) is 2. The van der Waals surface area contributed by atoms with E-state index in [2.05, 4.69) is 42.2 Å². The van der Waals surface area contributed by atoms with Crippen molar-refractivity contribution in [1.82, 2.24) is 4.90 Å². The molecule has 92 valence electrons. The van der Waals surface area contributed by atoms with Gasteiger partial charge in [-0.05, 0) is 44.9 Å². The summed E-state index contributed by atoms with van der Waals surface area (Å²) in [5.41, 5.74) is 2.32. The molecule has 0 amide bonds. The predicted molar refractivity (Wildman–Crippen MR) is 71.8 cm³/mol. The van der Waals surface area contributed by atoms with E-state index in [1.807, 2.05) is 20.9 Å². The molecule has 0 aliphatic heterocycles. The number of nitriles is 1. The minimum Gasteiger partial charge on any atom is -0.289 e. The van der Waals surface area contributed by atoms with E-state index in [1.54, 1.807) is 0 Å². The third-order valence-electron chi connectivity index (χ3n) is 3.40. The topological polar surface area (TPSA) is 27.0 Å². The van der Waals surface area contributed by atoms with Gasteiger partial charge in [-0.25, -0.2) is 0 Å². The van der Waals surface area contributed by atoms with Crippen LogP contribution in [0.2, 0.25) is 0 Å². The quantitative estimate of drug-likeness (QED) is 0.777. The van der Waals surface area contributed by atoms with Gasteiger partial charge in [0.05, 0.1) is 6.07 Å². The SMILES string of the molecule is CCc1ccc(CCN(C)C(C)(C)C#N)cc1. The van der Waals surface area contributed by atoms with Gasteiger partial charge in [-0.15, -0.1) is 0 Å². The molecule has 1 aromatic rings. The van der Waals surface area contributed by atoms with Gasteiger partial charge in [0.1, 0.15) is 5.54 Å². The number of rotatable bonds is 5. The first kappa shape index (κ1) is 13.7. The lowest BCUT2D eigenvalue weighted by atomic mass is 10.0. The molecule has 17 heavy (non-hydrogen) atoms. The molecule has 0 radical (unpaired) electrons. The minimum atomic E-state index is -0.386. The Balaban J connectivity index is 2.53. The largest absolute Gasteiger partial charge is 0.289 e. The van der Waals surface area contributed by atoms with Crippen LogP contribution in [-0.4, -0.2) is 24.0 Å². The van der Waals surface area contributed by atoms with Gasteiger partial charge in [0.25, 0.3) is 0 Å². The Labute approximate surface area is 105 Å². The van der Waals surface area contributed by atoms with Crippen molar-refractivity contribution >= 4 is 0 Å². The normalized spacial score (nSPS) is 11.5. The number of likely N-dealkylation sites (N-methyl/N-ethyl adjacent to an activating group) is 1. The van der Waals surface area contributed by atoms with Crippen LogP contribution < -0.4 is 0 Å². The van der Waals surface area contributed by atoms with Crippen LogP contribution in [0.1, 0.15) is 31.9 Å². The highest BCUT2D eigenvalue weighted by Crippen LogP contribution is 2.12. The Morgan fingerprint density at radius 1 is 1.18 bits per heavy atom. The molecule has 0 aliphatic carbocycles. The third kappa shape index (κ3) is 3.87. The van der Waals surface area contributed by atoms with Gasteiger partial charge in [-0.1, -0.05) is 31.2 Å². The molecule has 2 nitrogen and oxygen atoms in total. The van der Waals surface area contributed by atoms with Crippen molar-refractivity contribution in [2.75, 3.05) is 13.6 Å². The summed E-state index contributed by atoms with van der Waals surface area (Å²) in [6.07, 6.45) is 2.08. The van der Waals surface area contributed by atoms with Gasteiger partial charge in [-0.3, -0.25) is 4.90 Å². The van der Waals surface area contributed by atoms with E-state index in [4.69, 9.17) is 5.26 Å². The van der Waals surface area contributed by atoms with Crippen molar-refractivity contribution in [3.63, 3.8) is 0 Å². The Morgan fingerprint density at radius 3 is 2.18 bits per heavy atom. The van der Waals surface area contributed by atoms with Gasteiger partial charge in [-0.2, -0.15) is 5.26 Å². The van der Waals surface area contributed by atoms with Crippen molar-refractivity contribution in [1.29, 1.82) is 5.26 Å². The Kier molecular flexibility index (Phi) is 4.72. The summed E-state index contributed by atoms with van der Waals surface area (Å²) in [5.74, 6) is 0. The summed E-state index contributed by atoms with van der Waals surface area (Å²) in [7, 11) is 2.00. The van der Waals surface area contributed by atoms with Crippen LogP contribution in [0.4, 0.5) is 0 Å². The minimum absolute atomic E-state index is 0.386. The fraction of sp³-hybridized carbons (Fsp3) is 0.533. The van der Waals surface area contributed by atoms with E-state index in [0.29, 0.717) is 0 Å². The van der Waals surface area contributed by atoms with E-state index in [1.165, 1.54) is 11.1 Å². The van der Waals surface area contributed by atoms with Crippen molar-refractivity contribution in [3.05, 3.63) is 35.4 Å². The van der Waals surface area contributed by atoms with E-state index >= 15 is 0 Å². The van der Waals surface area contributed by atoms with Crippen LogP contribution in [0.25, 0.3) is 0 Å². The smallest absolute Gasteiger partial charge is 0.103 e. The molecule has 0 saturated heterocycles. The predicted octanol–water partition coefficient (Wildman–Crippen LogP) is 3.03. The van der Waals surface area contributed by atoms with Crippen LogP contribution in [0.5, 0.6) is 0 Å². The second-order valence-electron chi connectivity index (χ2n) is 5.01. The van der Waals surface area contributed by atoms with E-state index in [9.17, 15) is 0 Å². The molecular formula is C15H22N2. The van der Waals surface area contributed by atoms with Crippen LogP contribution in [0, 0.1) is 11.3 Å². The average molecular weight is 230 g/mol. The highest BCUT2D eigenvalue weighted by atomic mass is 15.2. The van der Waals surface area contributed by atoms with E-state index in [-0.39, 0.29) is 5.54 Å². The summed E-state index contributed by atoms with van der Waals surface area (Å²) in [5, 5.41) is 9.04. The molecule has 2 heteroatoms. The van der Waals surface area contributed by atoms with E-state index < -0.39 is 0 Å². The zero-order valence-corrected chi connectivity index (χ0v) is 11.3. The molecule has 0 heterocycles. The van der Waals surface area contributed by atoms with Crippen LogP contribution in [-0.2, 0) is 12.8 Å². The Hall–Kier alpha value is -1.33. The van der Waals surface area contributed by atoms with Gasteiger partial charge in [0.2, 0.25) is 0 Å². The van der Waals surface area contributed by atoms with Crippen molar-refractivity contribution < 1.29 is 0 Å². The number of benzene rings is 1. The average Bonchev–Trinajstić information content (AvgIpc) is 2.36. The molecule has 0 N–H and O–H groups in total. The molecule has 0 spiro atoms. The summed E-state index contributed by atoms with van der Waals surface area (Å²) in [6.45, 7) is 6.98. The molecule has 0 unspecified atom stereocenters. The second kappa shape index (κ2) is 5.84.